The van der Waals surface area contributed by atoms with Gasteiger partial charge in [-0.25, -0.2) is 9.78 Å². The van der Waals surface area contributed by atoms with Gasteiger partial charge in [0.15, 0.2) is 0 Å². The molecule has 2 aromatic rings. The second-order valence-corrected chi connectivity index (χ2v) is 6.50. The van der Waals surface area contributed by atoms with E-state index in [-0.39, 0.29) is 0 Å². The van der Waals surface area contributed by atoms with Gasteiger partial charge in [0.05, 0.1) is 24.0 Å². The van der Waals surface area contributed by atoms with Gasteiger partial charge in [0, 0.05) is 5.38 Å². The van der Waals surface area contributed by atoms with E-state index in [2.05, 4.69) is 15.4 Å². The lowest BCUT2D eigenvalue weighted by molar-refractivity contribution is -0.131. The minimum Gasteiger partial charge on any atom is -0.497 e. The van der Waals surface area contributed by atoms with Crippen molar-refractivity contribution in [3.8, 4) is 5.75 Å². The number of carbonyl (C=O) groups is 2. The highest BCUT2D eigenvalue weighted by atomic mass is 32.1. The van der Waals surface area contributed by atoms with Crippen molar-refractivity contribution < 1.29 is 14.3 Å². The Morgan fingerprint density at radius 3 is 2.62 bits per heavy atom. The molecule has 1 fully saturated rings. The number of carbonyl (C=O) groups excluding carboxylic acids is 2. The third-order valence-corrected chi connectivity index (χ3v) is 4.57. The Hall–Kier alpha value is -2.74. The number of urea groups is 1. The first-order valence-corrected chi connectivity index (χ1v) is 8.09. The molecule has 1 N–H and O–H groups in total. The molecule has 0 bridgehead atoms. The lowest BCUT2D eigenvalue weighted by Gasteiger charge is -2.21. The van der Waals surface area contributed by atoms with Crippen molar-refractivity contribution in [1.82, 2.24) is 15.3 Å². The van der Waals surface area contributed by atoms with E-state index in [1.165, 1.54) is 17.6 Å². The maximum absolute atomic E-state index is 12.7. The highest BCUT2D eigenvalue weighted by Gasteiger charge is 2.49. The monoisotopic (exact) mass is 344 g/mol. The topological polar surface area (TPSA) is 83.9 Å². The van der Waals surface area contributed by atoms with Gasteiger partial charge in [0.2, 0.25) is 0 Å². The van der Waals surface area contributed by atoms with Crippen LogP contribution in [0.5, 0.6) is 5.75 Å². The minimum atomic E-state index is -1.17. The number of aromatic nitrogens is 1. The number of methoxy groups -OCH3 is 1. The normalized spacial score (nSPS) is 20.7. The van der Waals surface area contributed by atoms with Crippen molar-refractivity contribution in [3.63, 3.8) is 0 Å². The number of rotatable bonds is 4. The number of nitrogens with zero attached hydrogens (tertiary/aromatic N) is 3. The van der Waals surface area contributed by atoms with Crippen molar-refractivity contribution in [2.24, 2.45) is 5.10 Å². The van der Waals surface area contributed by atoms with E-state index in [4.69, 9.17) is 4.74 Å². The molecule has 24 heavy (non-hydrogen) atoms. The van der Waals surface area contributed by atoms with E-state index in [1.807, 2.05) is 6.92 Å². The predicted octanol–water partition coefficient (Wildman–Crippen LogP) is 2.26. The number of hydrogen-bond donors (Lipinski definition) is 1. The number of hydrogen-bond acceptors (Lipinski definition) is 6. The average Bonchev–Trinajstić information content (AvgIpc) is 3.08. The molecule has 0 radical (unpaired) electrons. The zero-order valence-corrected chi connectivity index (χ0v) is 14.3. The summed E-state index contributed by atoms with van der Waals surface area (Å²) < 4.78 is 5.11. The lowest BCUT2D eigenvalue weighted by Crippen LogP contribution is -2.40. The van der Waals surface area contributed by atoms with Gasteiger partial charge < -0.3 is 10.1 Å². The van der Waals surface area contributed by atoms with Crippen LogP contribution in [0.4, 0.5) is 4.79 Å². The zero-order valence-electron chi connectivity index (χ0n) is 13.4. The van der Waals surface area contributed by atoms with E-state index in [0.29, 0.717) is 17.0 Å². The van der Waals surface area contributed by atoms with Crippen LogP contribution in [0.2, 0.25) is 0 Å². The van der Waals surface area contributed by atoms with Gasteiger partial charge in [-0.3, -0.25) is 4.79 Å². The summed E-state index contributed by atoms with van der Waals surface area (Å²) in [5.41, 5.74) is 0.0959. The fourth-order valence-corrected chi connectivity index (χ4v) is 2.97. The molecule has 1 aromatic heterocycles. The Morgan fingerprint density at radius 1 is 1.33 bits per heavy atom. The summed E-state index contributed by atoms with van der Waals surface area (Å²) >= 11 is 1.47. The Balaban J connectivity index is 1.85. The molecule has 3 amide bonds. The second-order valence-electron chi connectivity index (χ2n) is 5.44. The lowest BCUT2D eigenvalue weighted by atomic mass is 9.92. The molecule has 0 unspecified atom stereocenters. The van der Waals surface area contributed by atoms with Crippen LogP contribution in [0.25, 0.3) is 0 Å². The van der Waals surface area contributed by atoms with E-state index >= 15 is 0 Å². The van der Waals surface area contributed by atoms with Crippen LogP contribution >= 0.6 is 11.3 Å². The number of aryl methyl sites for hydroxylation is 1. The van der Waals surface area contributed by atoms with Crippen molar-refractivity contribution >= 4 is 29.5 Å². The Kier molecular flexibility index (Phi) is 4.06. The molecule has 1 aromatic carbocycles. The summed E-state index contributed by atoms with van der Waals surface area (Å²) in [6.45, 7) is 3.52. The van der Waals surface area contributed by atoms with Gasteiger partial charge in [-0.15, -0.1) is 16.3 Å². The van der Waals surface area contributed by atoms with Gasteiger partial charge in [-0.1, -0.05) is 12.1 Å². The molecule has 1 aliphatic rings. The number of amides is 3. The highest BCUT2D eigenvalue weighted by Crippen LogP contribution is 2.30. The predicted molar refractivity (Wildman–Crippen MR) is 90.2 cm³/mol. The Labute approximate surface area is 143 Å². The van der Waals surface area contributed by atoms with Crippen molar-refractivity contribution in [3.05, 3.63) is 45.9 Å². The van der Waals surface area contributed by atoms with Gasteiger partial charge in [0.1, 0.15) is 11.3 Å². The molecular weight excluding hydrogens is 328 g/mol. The minimum absolute atomic E-state index is 0.444. The molecule has 1 aliphatic heterocycles. The van der Waals surface area contributed by atoms with Crippen LogP contribution in [-0.2, 0) is 10.3 Å². The number of benzene rings is 1. The molecule has 0 aliphatic carbocycles. The first-order chi connectivity index (χ1) is 11.4. The smallest absolute Gasteiger partial charge is 0.346 e. The van der Waals surface area contributed by atoms with E-state index in [0.717, 1.165) is 10.0 Å². The van der Waals surface area contributed by atoms with Crippen molar-refractivity contribution in [1.29, 1.82) is 0 Å². The van der Waals surface area contributed by atoms with Crippen molar-refractivity contribution in [2.75, 3.05) is 7.11 Å². The number of nitrogens with one attached hydrogen (secondary N) is 1. The molecule has 124 valence electrons. The SMILES string of the molecule is COc1ccc([C@]2(C)NC(=O)N(/N=C\c3csc(C)n3)C2=O)cc1. The summed E-state index contributed by atoms with van der Waals surface area (Å²) in [7, 11) is 1.57. The van der Waals surface area contributed by atoms with Crippen LogP contribution in [0.3, 0.4) is 0 Å². The van der Waals surface area contributed by atoms with Gasteiger partial charge >= 0.3 is 6.03 Å². The standard InChI is InChI=1S/C16H16N4O3S/c1-10-18-12(9-24-10)8-17-20-14(21)16(2,19-15(20)22)11-4-6-13(23-3)7-5-11/h4-9H,1-3H3,(H,19,22)/b17-8-/t16-/m0/s1. The maximum atomic E-state index is 12.7. The van der Waals surface area contributed by atoms with Crippen LogP contribution < -0.4 is 10.1 Å². The third kappa shape index (κ3) is 2.76. The summed E-state index contributed by atoms with van der Waals surface area (Å²) in [5, 5.41) is 10.2. The quantitative estimate of drug-likeness (QED) is 0.681. The van der Waals surface area contributed by atoms with Crippen LogP contribution in [0.1, 0.15) is 23.2 Å². The molecule has 7 nitrogen and oxygen atoms in total. The molecule has 2 heterocycles. The zero-order chi connectivity index (χ0) is 17.3. The number of imide groups is 1. The summed E-state index contributed by atoms with van der Waals surface area (Å²) in [4.78, 5) is 29.1. The first-order valence-electron chi connectivity index (χ1n) is 7.21. The van der Waals surface area contributed by atoms with Crippen LogP contribution in [0.15, 0.2) is 34.7 Å². The van der Waals surface area contributed by atoms with Gasteiger partial charge in [0.25, 0.3) is 5.91 Å². The third-order valence-electron chi connectivity index (χ3n) is 3.78. The second kappa shape index (κ2) is 6.04. The van der Waals surface area contributed by atoms with E-state index in [9.17, 15) is 9.59 Å². The van der Waals surface area contributed by atoms with Gasteiger partial charge in [-0.05, 0) is 31.5 Å². The van der Waals surface area contributed by atoms with Crippen LogP contribution in [0, 0.1) is 6.92 Å². The Bertz CT molecular complexity index is 815. The molecule has 0 spiro atoms. The van der Waals surface area contributed by atoms with E-state index < -0.39 is 17.5 Å². The number of hydrazone groups is 1. The number of ether oxygens (including phenoxy) is 1. The molecule has 0 saturated carbocycles. The fourth-order valence-electron chi connectivity index (χ4n) is 2.41. The fraction of sp³-hybridized carbons (Fsp3) is 0.250. The first kappa shape index (κ1) is 16.1. The molecule has 8 heteroatoms. The van der Waals surface area contributed by atoms with Gasteiger partial charge in [-0.2, -0.15) is 5.10 Å². The summed E-state index contributed by atoms with van der Waals surface area (Å²) in [6.07, 6.45) is 1.40. The summed E-state index contributed by atoms with van der Waals surface area (Å²) in [6, 6.07) is 6.40. The molecule has 1 atom stereocenters. The van der Waals surface area contributed by atoms with Crippen LogP contribution in [-0.4, -0.2) is 35.3 Å². The highest BCUT2D eigenvalue weighted by molar-refractivity contribution is 7.09. The Morgan fingerprint density at radius 2 is 2.04 bits per heavy atom. The van der Waals surface area contributed by atoms with Crippen molar-refractivity contribution in [2.45, 2.75) is 19.4 Å². The maximum Gasteiger partial charge on any atom is 0.346 e. The largest absolute Gasteiger partial charge is 0.497 e. The average molecular weight is 344 g/mol. The number of thiazole rings is 1. The van der Waals surface area contributed by atoms with E-state index in [1.54, 1.807) is 43.7 Å². The molecular formula is C16H16N4O3S. The molecule has 1 saturated heterocycles. The summed E-state index contributed by atoms with van der Waals surface area (Å²) in [5.74, 6) is 0.230. The molecule has 3 rings (SSSR count).